The molecule has 1 aliphatic carbocycles. The van der Waals surface area contributed by atoms with Crippen LogP contribution in [0.3, 0.4) is 0 Å². The number of carbonyl (C=O) groups excluding carboxylic acids is 1. The van der Waals surface area contributed by atoms with Gasteiger partial charge in [-0.05, 0) is 32.3 Å². The summed E-state index contributed by atoms with van der Waals surface area (Å²) in [7, 11) is 0. The smallest absolute Gasteiger partial charge is 0.321 e. The molecule has 1 saturated carbocycles. The Morgan fingerprint density at radius 2 is 1.83 bits per heavy atom. The molecule has 1 aromatic heterocycles. The average molecular weight is 344 g/mol. The van der Waals surface area contributed by atoms with Gasteiger partial charge in [-0.2, -0.15) is 0 Å². The largest absolute Gasteiger partial charge is 0.335 e. The Morgan fingerprint density at radius 1 is 1.12 bits per heavy atom. The Bertz CT molecular complexity index is 677. The van der Waals surface area contributed by atoms with E-state index in [9.17, 15) is 4.79 Å². The molecular weight excluding hydrogens is 320 g/mol. The topological polar surface area (TPSA) is 66.9 Å². The molecule has 1 fully saturated rings. The summed E-state index contributed by atoms with van der Waals surface area (Å²) < 4.78 is 0. The van der Waals surface area contributed by atoms with E-state index in [4.69, 9.17) is 0 Å². The number of benzene rings is 1. The van der Waals surface area contributed by atoms with Crippen molar-refractivity contribution in [1.29, 1.82) is 0 Å². The number of urea groups is 1. The molecule has 5 nitrogen and oxygen atoms in total. The van der Waals surface area contributed by atoms with Crippen molar-refractivity contribution in [2.45, 2.75) is 57.4 Å². The predicted molar refractivity (Wildman–Crippen MR) is 97.5 cm³/mol. The second kappa shape index (κ2) is 7.30. The lowest BCUT2D eigenvalue weighted by Crippen LogP contribution is -2.38. The molecule has 0 bridgehead atoms. The normalized spacial score (nSPS) is 15.9. The summed E-state index contributed by atoms with van der Waals surface area (Å²) in [4.78, 5) is 12.1. The Hall–Kier alpha value is -1.95. The summed E-state index contributed by atoms with van der Waals surface area (Å²) in [5.74, 6) is 0. The van der Waals surface area contributed by atoms with Gasteiger partial charge in [0.25, 0.3) is 0 Å². The molecule has 0 saturated heterocycles. The third kappa shape index (κ3) is 3.93. The van der Waals surface area contributed by atoms with E-state index in [1.807, 2.05) is 18.2 Å². The van der Waals surface area contributed by atoms with Crippen molar-refractivity contribution in [2.24, 2.45) is 0 Å². The van der Waals surface area contributed by atoms with Crippen molar-refractivity contribution in [3.63, 3.8) is 0 Å². The molecule has 0 aliphatic heterocycles. The zero-order valence-corrected chi connectivity index (χ0v) is 15.0. The lowest BCUT2D eigenvalue weighted by atomic mass is 9.85. The van der Waals surface area contributed by atoms with E-state index < -0.39 is 0 Å². The number of nitrogens with one attached hydrogen (secondary N) is 2. The standard InChI is InChI=1S/C18H24N4OS/c1-18(2,13-9-5-3-6-10-13)15-21-22-17(24-15)20-16(23)19-14-11-7-4-8-12-14/h3,5-6,9-10,14H,4,7-8,11-12H2,1-2H3,(H2,19,20,22,23). The van der Waals surface area contributed by atoms with Crippen LogP contribution in [0.5, 0.6) is 0 Å². The lowest BCUT2D eigenvalue weighted by Gasteiger charge is -2.22. The maximum Gasteiger partial charge on any atom is 0.321 e. The fraction of sp³-hybridized carbons (Fsp3) is 0.500. The van der Waals surface area contributed by atoms with Crippen LogP contribution in [0.4, 0.5) is 9.93 Å². The minimum absolute atomic E-state index is 0.179. The van der Waals surface area contributed by atoms with Crippen LogP contribution in [0.2, 0.25) is 0 Å². The Labute approximate surface area is 146 Å². The Kier molecular flexibility index (Phi) is 5.14. The van der Waals surface area contributed by atoms with Gasteiger partial charge in [0.1, 0.15) is 5.01 Å². The maximum absolute atomic E-state index is 12.1. The van der Waals surface area contributed by atoms with Crippen molar-refractivity contribution < 1.29 is 4.79 Å². The minimum atomic E-state index is -0.237. The summed E-state index contributed by atoms with van der Waals surface area (Å²) in [5.41, 5.74) is 0.943. The zero-order chi connectivity index (χ0) is 17.0. The van der Waals surface area contributed by atoms with Crippen LogP contribution in [0.25, 0.3) is 0 Å². The molecule has 3 rings (SSSR count). The third-order valence-corrected chi connectivity index (χ3v) is 5.78. The van der Waals surface area contributed by atoms with E-state index in [0.29, 0.717) is 5.13 Å². The third-order valence-electron chi connectivity index (χ3n) is 4.62. The van der Waals surface area contributed by atoms with Crippen molar-refractivity contribution >= 4 is 22.5 Å². The van der Waals surface area contributed by atoms with Crippen LogP contribution in [-0.2, 0) is 5.41 Å². The van der Waals surface area contributed by atoms with Gasteiger partial charge in [-0.25, -0.2) is 4.79 Å². The molecule has 1 aliphatic rings. The van der Waals surface area contributed by atoms with E-state index in [1.54, 1.807) is 0 Å². The number of rotatable bonds is 4. The number of aromatic nitrogens is 2. The van der Waals surface area contributed by atoms with Crippen LogP contribution in [0.15, 0.2) is 30.3 Å². The Balaban J connectivity index is 1.63. The minimum Gasteiger partial charge on any atom is -0.335 e. The molecule has 0 spiro atoms. The van der Waals surface area contributed by atoms with Crippen LogP contribution >= 0.6 is 11.3 Å². The fourth-order valence-corrected chi connectivity index (χ4v) is 3.93. The van der Waals surface area contributed by atoms with E-state index in [0.717, 1.165) is 17.8 Å². The summed E-state index contributed by atoms with van der Waals surface area (Å²) in [6, 6.07) is 10.3. The molecule has 24 heavy (non-hydrogen) atoms. The first kappa shape index (κ1) is 16.9. The van der Waals surface area contributed by atoms with Crippen LogP contribution in [0, 0.1) is 0 Å². The first-order valence-electron chi connectivity index (χ1n) is 8.53. The Morgan fingerprint density at radius 3 is 2.54 bits per heavy atom. The quantitative estimate of drug-likeness (QED) is 0.868. The highest BCUT2D eigenvalue weighted by Crippen LogP contribution is 2.34. The van der Waals surface area contributed by atoms with Gasteiger partial charge in [0, 0.05) is 11.5 Å². The van der Waals surface area contributed by atoms with E-state index >= 15 is 0 Å². The number of amides is 2. The van der Waals surface area contributed by atoms with E-state index in [2.05, 4.69) is 46.8 Å². The van der Waals surface area contributed by atoms with Gasteiger partial charge in [0.2, 0.25) is 5.13 Å². The van der Waals surface area contributed by atoms with E-state index in [-0.39, 0.29) is 17.5 Å². The van der Waals surface area contributed by atoms with Gasteiger partial charge in [-0.3, -0.25) is 5.32 Å². The van der Waals surface area contributed by atoms with Crippen molar-refractivity contribution in [1.82, 2.24) is 15.5 Å². The second-order valence-electron chi connectivity index (χ2n) is 6.84. The highest BCUT2D eigenvalue weighted by molar-refractivity contribution is 7.15. The second-order valence-corrected chi connectivity index (χ2v) is 7.81. The lowest BCUT2D eigenvalue weighted by molar-refractivity contribution is 0.244. The van der Waals surface area contributed by atoms with Gasteiger partial charge < -0.3 is 5.32 Å². The molecule has 1 heterocycles. The highest BCUT2D eigenvalue weighted by atomic mass is 32.1. The van der Waals surface area contributed by atoms with Gasteiger partial charge in [-0.1, -0.05) is 60.9 Å². The number of nitrogens with zero attached hydrogens (tertiary/aromatic N) is 2. The van der Waals surface area contributed by atoms with Crippen LogP contribution in [0.1, 0.15) is 56.5 Å². The van der Waals surface area contributed by atoms with E-state index in [1.165, 1.54) is 36.2 Å². The molecule has 128 valence electrons. The summed E-state index contributed by atoms with van der Waals surface area (Å²) >= 11 is 1.43. The summed E-state index contributed by atoms with van der Waals surface area (Å²) in [5, 5.41) is 15.7. The molecule has 6 heteroatoms. The van der Waals surface area contributed by atoms with Gasteiger partial charge >= 0.3 is 6.03 Å². The van der Waals surface area contributed by atoms with Gasteiger partial charge in [0.15, 0.2) is 0 Å². The number of hydrogen-bond acceptors (Lipinski definition) is 4. The first-order valence-corrected chi connectivity index (χ1v) is 9.34. The number of anilines is 1. The summed E-state index contributed by atoms with van der Waals surface area (Å²) in [6.45, 7) is 4.24. The van der Waals surface area contributed by atoms with Crippen LogP contribution in [-0.4, -0.2) is 22.3 Å². The maximum atomic E-state index is 12.1. The summed E-state index contributed by atoms with van der Waals surface area (Å²) in [6.07, 6.45) is 5.79. The molecule has 2 aromatic rings. The molecule has 0 atom stereocenters. The first-order chi connectivity index (χ1) is 11.6. The predicted octanol–water partition coefficient (Wildman–Crippen LogP) is 4.32. The SMILES string of the molecule is CC(C)(c1ccccc1)c1nnc(NC(=O)NC2CCCCC2)s1. The molecule has 2 N–H and O–H groups in total. The van der Waals surface area contributed by atoms with Crippen molar-refractivity contribution in [2.75, 3.05) is 5.32 Å². The fourth-order valence-electron chi connectivity index (χ4n) is 3.07. The van der Waals surface area contributed by atoms with Crippen molar-refractivity contribution in [3.05, 3.63) is 40.9 Å². The molecule has 0 unspecified atom stereocenters. The molecule has 1 aromatic carbocycles. The molecular formula is C18H24N4OS. The number of hydrogen-bond donors (Lipinski definition) is 2. The zero-order valence-electron chi connectivity index (χ0n) is 14.2. The van der Waals surface area contributed by atoms with Crippen molar-refractivity contribution in [3.8, 4) is 0 Å². The van der Waals surface area contributed by atoms with Crippen LogP contribution < -0.4 is 10.6 Å². The van der Waals surface area contributed by atoms with Gasteiger partial charge in [-0.15, -0.1) is 10.2 Å². The van der Waals surface area contributed by atoms with Gasteiger partial charge in [0.05, 0.1) is 0 Å². The molecule has 0 radical (unpaired) electrons. The monoisotopic (exact) mass is 344 g/mol. The highest BCUT2D eigenvalue weighted by Gasteiger charge is 2.28. The average Bonchev–Trinajstić information content (AvgIpc) is 3.05. The number of carbonyl (C=O) groups is 1. The molecule has 2 amide bonds.